The third-order valence-electron chi connectivity index (χ3n) is 7.07. The summed E-state index contributed by atoms with van der Waals surface area (Å²) in [5.41, 5.74) is 3.85. The van der Waals surface area contributed by atoms with Crippen LogP contribution >= 0.6 is 0 Å². The Kier molecular flexibility index (Phi) is 5.75. The monoisotopic (exact) mass is 409 g/mol. The van der Waals surface area contributed by atoms with Gasteiger partial charge in [-0.2, -0.15) is 0 Å². The molecule has 6 heteroatoms. The first-order valence-corrected chi connectivity index (χ1v) is 10.9. The van der Waals surface area contributed by atoms with Gasteiger partial charge < -0.3 is 19.4 Å². The molecule has 1 atom stereocenters. The van der Waals surface area contributed by atoms with Gasteiger partial charge in [0.2, 0.25) is 5.91 Å². The number of nitrogens with zero attached hydrogens (tertiary/aromatic N) is 3. The van der Waals surface area contributed by atoms with Crippen molar-refractivity contribution < 1.29 is 14.3 Å². The van der Waals surface area contributed by atoms with E-state index in [4.69, 9.17) is 11.2 Å². The molecule has 1 aromatic rings. The van der Waals surface area contributed by atoms with E-state index in [1.165, 1.54) is 11.1 Å². The third kappa shape index (κ3) is 3.79. The van der Waals surface area contributed by atoms with E-state index in [2.05, 4.69) is 35.9 Å². The Morgan fingerprint density at radius 2 is 2.03 bits per heavy atom. The van der Waals surface area contributed by atoms with Crippen LogP contribution in [0.3, 0.4) is 0 Å². The molecule has 0 saturated carbocycles. The van der Waals surface area contributed by atoms with Crippen molar-refractivity contribution in [2.45, 2.75) is 38.5 Å². The number of likely N-dealkylation sites (tertiary alicyclic amines) is 2. The Balaban J connectivity index is 1.37. The fourth-order valence-electron chi connectivity index (χ4n) is 5.59. The first-order valence-electron chi connectivity index (χ1n) is 10.9. The average Bonchev–Trinajstić information content (AvgIpc) is 3.32. The number of anilines is 1. The largest absolute Gasteiger partial charge is 0.436 e. The lowest BCUT2D eigenvalue weighted by Crippen LogP contribution is -2.47. The normalized spacial score (nSPS) is 22.8. The van der Waals surface area contributed by atoms with Crippen LogP contribution in [0.4, 0.5) is 10.5 Å². The van der Waals surface area contributed by atoms with Gasteiger partial charge in [-0.1, -0.05) is 18.1 Å². The van der Waals surface area contributed by atoms with Crippen molar-refractivity contribution in [1.29, 1.82) is 0 Å². The molecule has 0 bridgehead atoms. The summed E-state index contributed by atoms with van der Waals surface area (Å²) in [7, 11) is 0. The number of aryl methyl sites for hydroxylation is 1. The Morgan fingerprint density at radius 3 is 2.73 bits per heavy atom. The highest BCUT2D eigenvalue weighted by Crippen LogP contribution is 2.48. The lowest BCUT2D eigenvalue weighted by atomic mass is 9.72. The molecule has 1 spiro atoms. The second-order valence-corrected chi connectivity index (χ2v) is 9.01. The molecule has 30 heavy (non-hydrogen) atoms. The van der Waals surface area contributed by atoms with Crippen molar-refractivity contribution in [3.05, 3.63) is 29.3 Å². The van der Waals surface area contributed by atoms with Gasteiger partial charge in [0.15, 0.2) is 6.61 Å². The summed E-state index contributed by atoms with van der Waals surface area (Å²) >= 11 is 0. The molecule has 0 aromatic heterocycles. The SMILES string of the molecule is C#CCOC(=O)N1CC[C@H](CN2CCC3(CC2)CN(C(C)=O)c2cccc(C)c23)C1. The molecule has 2 amide bonds. The maximum absolute atomic E-state index is 12.3. The van der Waals surface area contributed by atoms with E-state index >= 15 is 0 Å². The molecule has 4 rings (SSSR count). The predicted molar refractivity (Wildman–Crippen MR) is 116 cm³/mol. The summed E-state index contributed by atoms with van der Waals surface area (Å²) < 4.78 is 5.06. The number of carbonyl (C=O) groups excluding carboxylic acids is 2. The third-order valence-corrected chi connectivity index (χ3v) is 7.07. The van der Waals surface area contributed by atoms with Crippen LogP contribution < -0.4 is 4.90 Å². The lowest BCUT2D eigenvalue weighted by molar-refractivity contribution is -0.116. The minimum absolute atomic E-state index is 0.0341. The zero-order valence-corrected chi connectivity index (χ0v) is 18.0. The van der Waals surface area contributed by atoms with Gasteiger partial charge in [-0.3, -0.25) is 4.79 Å². The minimum Gasteiger partial charge on any atom is -0.436 e. The number of ether oxygens (including phenoxy) is 1. The number of hydrogen-bond acceptors (Lipinski definition) is 4. The highest BCUT2D eigenvalue weighted by Gasteiger charge is 2.46. The van der Waals surface area contributed by atoms with Crippen LogP contribution in [0.25, 0.3) is 0 Å². The van der Waals surface area contributed by atoms with Crippen molar-refractivity contribution >= 4 is 17.7 Å². The van der Waals surface area contributed by atoms with Crippen molar-refractivity contribution in [3.63, 3.8) is 0 Å². The molecule has 2 fully saturated rings. The molecule has 3 aliphatic rings. The van der Waals surface area contributed by atoms with Crippen LogP contribution in [0, 0.1) is 25.2 Å². The van der Waals surface area contributed by atoms with E-state index in [0.717, 1.165) is 64.2 Å². The molecule has 3 aliphatic heterocycles. The van der Waals surface area contributed by atoms with E-state index in [9.17, 15) is 9.59 Å². The van der Waals surface area contributed by atoms with Gasteiger partial charge in [0, 0.05) is 44.2 Å². The second kappa shape index (κ2) is 8.31. The van der Waals surface area contributed by atoms with Gasteiger partial charge in [-0.15, -0.1) is 6.42 Å². The Hall–Kier alpha value is -2.52. The highest BCUT2D eigenvalue weighted by atomic mass is 16.6. The Labute approximate surface area is 179 Å². The highest BCUT2D eigenvalue weighted by molar-refractivity contribution is 5.95. The lowest BCUT2D eigenvalue weighted by Gasteiger charge is -2.41. The van der Waals surface area contributed by atoms with Crippen LogP contribution in [0.5, 0.6) is 0 Å². The minimum atomic E-state index is -0.296. The van der Waals surface area contributed by atoms with Gasteiger partial charge >= 0.3 is 6.09 Å². The summed E-state index contributed by atoms with van der Waals surface area (Å²) in [5.74, 6) is 2.95. The van der Waals surface area contributed by atoms with Gasteiger partial charge in [-0.25, -0.2) is 4.79 Å². The first kappa shape index (κ1) is 20.7. The van der Waals surface area contributed by atoms with Crippen LogP contribution in [-0.2, 0) is 14.9 Å². The van der Waals surface area contributed by atoms with E-state index in [0.29, 0.717) is 5.92 Å². The van der Waals surface area contributed by atoms with Gasteiger partial charge in [0.05, 0.1) is 0 Å². The fraction of sp³-hybridized carbons (Fsp3) is 0.583. The van der Waals surface area contributed by atoms with Crippen molar-refractivity contribution in [2.24, 2.45) is 5.92 Å². The number of benzene rings is 1. The van der Waals surface area contributed by atoms with Crippen LogP contribution in [0.1, 0.15) is 37.3 Å². The van der Waals surface area contributed by atoms with E-state index in [1.807, 2.05) is 4.90 Å². The second-order valence-electron chi connectivity index (χ2n) is 9.01. The number of hydrogen-bond donors (Lipinski definition) is 0. The molecule has 0 aliphatic carbocycles. The summed E-state index contributed by atoms with van der Waals surface area (Å²) in [6.45, 7) is 9.21. The quantitative estimate of drug-likeness (QED) is 0.721. The topological polar surface area (TPSA) is 53.1 Å². The molecule has 0 radical (unpaired) electrons. The molecule has 2 saturated heterocycles. The van der Waals surface area contributed by atoms with Crippen LogP contribution in [0.15, 0.2) is 18.2 Å². The fourth-order valence-corrected chi connectivity index (χ4v) is 5.59. The summed E-state index contributed by atoms with van der Waals surface area (Å²) in [4.78, 5) is 30.5. The standard InChI is InChI=1S/C24H31N3O3/c1-4-14-30-23(29)26-11-8-20(16-26)15-25-12-9-24(10-13-25)17-27(19(3)28)21-7-5-6-18(2)22(21)24/h1,5-7,20H,8-17H2,2-3H3/t20-/m1/s1. The van der Waals surface area contributed by atoms with Gasteiger partial charge in [0.1, 0.15) is 0 Å². The van der Waals surface area contributed by atoms with E-state index in [1.54, 1.807) is 11.8 Å². The van der Waals surface area contributed by atoms with Gasteiger partial charge in [0.25, 0.3) is 0 Å². The molecule has 0 N–H and O–H groups in total. The number of terminal acetylenes is 1. The molecule has 1 aromatic carbocycles. The van der Waals surface area contributed by atoms with E-state index in [-0.39, 0.29) is 24.0 Å². The number of piperidine rings is 1. The van der Waals surface area contributed by atoms with Gasteiger partial charge in [-0.05, 0) is 62.4 Å². The zero-order chi connectivity index (χ0) is 21.3. The number of carbonyl (C=O) groups is 2. The average molecular weight is 410 g/mol. The molecule has 160 valence electrons. The maximum atomic E-state index is 12.3. The Bertz CT molecular complexity index is 867. The van der Waals surface area contributed by atoms with E-state index < -0.39 is 0 Å². The smallest absolute Gasteiger partial charge is 0.410 e. The zero-order valence-electron chi connectivity index (χ0n) is 18.0. The number of rotatable bonds is 3. The molecule has 0 unspecified atom stereocenters. The molecular weight excluding hydrogens is 378 g/mol. The Morgan fingerprint density at radius 1 is 1.27 bits per heavy atom. The molecule has 3 heterocycles. The molecule has 6 nitrogen and oxygen atoms in total. The van der Waals surface area contributed by atoms with Crippen LogP contribution in [0.2, 0.25) is 0 Å². The number of fused-ring (bicyclic) bond motifs is 2. The summed E-state index contributed by atoms with van der Waals surface area (Å²) in [6, 6.07) is 6.32. The molecular formula is C24H31N3O3. The predicted octanol–water partition coefficient (Wildman–Crippen LogP) is 2.79. The number of amides is 2. The van der Waals surface area contributed by atoms with Crippen molar-refractivity contribution in [3.8, 4) is 12.3 Å². The first-order chi connectivity index (χ1) is 14.4. The van der Waals surface area contributed by atoms with Crippen molar-refractivity contribution in [1.82, 2.24) is 9.80 Å². The summed E-state index contributed by atoms with van der Waals surface area (Å²) in [6.07, 6.45) is 8.01. The maximum Gasteiger partial charge on any atom is 0.410 e. The summed E-state index contributed by atoms with van der Waals surface area (Å²) in [5, 5.41) is 0. The van der Waals surface area contributed by atoms with Crippen molar-refractivity contribution in [2.75, 3.05) is 50.8 Å². The van der Waals surface area contributed by atoms with Crippen LogP contribution in [-0.4, -0.2) is 67.7 Å².